The molecule has 0 aliphatic heterocycles. The number of hydrogen-bond acceptors (Lipinski definition) is 5. The highest BCUT2D eigenvalue weighted by molar-refractivity contribution is 9.10. The predicted octanol–water partition coefficient (Wildman–Crippen LogP) is 2.47. The van der Waals surface area contributed by atoms with Crippen LogP contribution in [0.2, 0.25) is 0 Å². The molecule has 2 aromatic rings. The van der Waals surface area contributed by atoms with Crippen LogP contribution >= 0.6 is 27.3 Å². The van der Waals surface area contributed by atoms with E-state index in [2.05, 4.69) is 25.6 Å². The van der Waals surface area contributed by atoms with Crippen molar-refractivity contribution in [3.05, 3.63) is 38.6 Å². The third-order valence-electron chi connectivity index (χ3n) is 2.41. The molecule has 2 heterocycles. The first-order valence-corrected chi connectivity index (χ1v) is 8.51. The third kappa shape index (κ3) is 3.14. The summed E-state index contributed by atoms with van der Waals surface area (Å²) in [5.74, 6) is 0.275. The van der Waals surface area contributed by atoms with Gasteiger partial charge in [0.05, 0.1) is 0 Å². The van der Waals surface area contributed by atoms with Gasteiger partial charge in [0.2, 0.25) is 0 Å². The fourth-order valence-electron chi connectivity index (χ4n) is 1.61. The number of anilines is 1. The van der Waals surface area contributed by atoms with Crippen molar-refractivity contribution in [3.63, 3.8) is 0 Å². The van der Waals surface area contributed by atoms with E-state index in [-0.39, 0.29) is 17.3 Å². The fourth-order valence-corrected chi connectivity index (χ4v) is 4.56. The summed E-state index contributed by atoms with van der Waals surface area (Å²) in [7, 11) is -3.65. The minimum Gasteiger partial charge on any atom is -0.326 e. The van der Waals surface area contributed by atoms with Gasteiger partial charge in [0.15, 0.2) is 0 Å². The standard InChI is InChI=1S/C11H12BrN3O2S2/c1-7-6-18-9(4-13)11(7)19(16,17)15-10-3-2-8(12)5-14-10/h2-3,5-6H,4,13H2,1H3,(H,14,15). The van der Waals surface area contributed by atoms with Crippen LogP contribution in [0.1, 0.15) is 10.4 Å². The molecule has 0 saturated carbocycles. The molecule has 0 aliphatic rings. The van der Waals surface area contributed by atoms with Crippen LogP contribution in [0.25, 0.3) is 0 Å². The molecule has 0 unspecified atom stereocenters. The van der Waals surface area contributed by atoms with Gasteiger partial charge in [-0.2, -0.15) is 0 Å². The molecule has 5 nitrogen and oxygen atoms in total. The minimum atomic E-state index is -3.65. The number of halogens is 1. The van der Waals surface area contributed by atoms with Crippen LogP contribution in [0.15, 0.2) is 33.1 Å². The highest BCUT2D eigenvalue weighted by atomic mass is 79.9. The van der Waals surface area contributed by atoms with Gasteiger partial charge in [-0.1, -0.05) is 0 Å². The van der Waals surface area contributed by atoms with Crippen LogP contribution in [0.5, 0.6) is 0 Å². The zero-order chi connectivity index (χ0) is 14.0. The van der Waals surface area contributed by atoms with Crippen LogP contribution in [0, 0.1) is 6.92 Å². The molecule has 0 spiro atoms. The molecule has 0 radical (unpaired) electrons. The van der Waals surface area contributed by atoms with Crippen LogP contribution in [0.4, 0.5) is 5.82 Å². The molecule has 3 N–H and O–H groups in total. The molecule has 0 amide bonds. The molecule has 2 aromatic heterocycles. The van der Waals surface area contributed by atoms with Gasteiger partial charge in [0.25, 0.3) is 10.0 Å². The van der Waals surface area contributed by atoms with Gasteiger partial charge in [-0.05, 0) is 45.9 Å². The van der Waals surface area contributed by atoms with Crippen molar-refractivity contribution in [3.8, 4) is 0 Å². The number of aromatic nitrogens is 1. The Kier molecular flexibility index (Phi) is 4.24. The van der Waals surface area contributed by atoms with Crippen molar-refractivity contribution in [2.45, 2.75) is 18.4 Å². The summed E-state index contributed by atoms with van der Waals surface area (Å²) >= 11 is 4.59. The molecule has 0 bridgehead atoms. The van der Waals surface area contributed by atoms with Gasteiger partial charge in [-0.3, -0.25) is 4.72 Å². The lowest BCUT2D eigenvalue weighted by molar-refractivity contribution is 0.600. The second kappa shape index (κ2) is 5.58. The van der Waals surface area contributed by atoms with Gasteiger partial charge in [-0.15, -0.1) is 11.3 Å². The maximum Gasteiger partial charge on any atom is 0.264 e. The van der Waals surface area contributed by atoms with E-state index in [1.54, 1.807) is 24.4 Å². The van der Waals surface area contributed by atoms with Crippen molar-refractivity contribution in [2.75, 3.05) is 4.72 Å². The summed E-state index contributed by atoms with van der Waals surface area (Å²) in [5, 5.41) is 1.78. The summed E-state index contributed by atoms with van der Waals surface area (Å²) in [6, 6.07) is 3.31. The Morgan fingerprint density at radius 2 is 2.21 bits per heavy atom. The van der Waals surface area contributed by atoms with Gasteiger partial charge < -0.3 is 5.73 Å². The van der Waals surface area contributed by atoms with E-state index < -0.39 is 10.0 Å². The molecule has 102 valence electrons. The Morgan fingerprint density at radius 1 is 1.47 bits per heavy atom. The Hall–Kier alpha value is -0.960. The predicted molar refractivity (Wildman–Crippen MR) is 79.7 cm³/mol. The van der Waals surface area contributed by atoms with E-state index in [0.717, 1.165) is 4.47 Å². The molecule has 0 aromatic carbocycles. The lowest BCUT2D eigenvalue weighted by Crippen LogP contribution is -2.16. The maximum absolute atomic E-state index is 12.3. The summed E-state index contributed by atoms with van der Waals surface area (Å²) in [4.78, 5) is 4.89. The Bertz CT molecular complexity index is 680. The summed E-state index contributed by atoms with van der Waals surface area (Å²) in [5.41, 5.74) is 6.26. The van der Waals surface area contributed by atoms with Crippen LogP contribution in [0.3, 0.4) is 0 Å². The number of nitrogens with zero attached hydrogens (tertiary/aromatic N) is 1. The Balaban J connectivity index is 2.37. The highest BCUT2D eigenvalue weighted by Crippen LogP contribution is 2.28. The monoisotopic (exact) mass is 361 g/mol. The summed E-state index contributed by atoms with van der Waals surface area (Å²) < 4.78 is 27.9. The quantitative estimate of drug-likeness (QED) is 0.875. The van der Waals surface area contributed by atoms with Crippen LogP contribution in [-0.4, -0.2) is 13.4 Å². The number of sulfonamides is 1. The number of rotatable bonds is 4. The van der Waals surface area contributed by atoms with E-state index >= 15 is 0 Å². The zero-order valence-electron chi connectivity index (χ0n) is 10.1. The zero-order valence-corrected chi connectivity index (χ0v) is 13.3. The average molecular weight is 362 g/mol. The molecule has 0 fully saturated rings. The molecule has 19 heavy (non-hydrogen) atoms. The van der Waals surface area contributed by atoms with E-state index in [1.165, 1.54) is 17.5 Å². The topological polar surface area (TPSA) is 85.1 Å². The normalized spacial score (nSPS) is 11.5. The third-order valence-corrected chi connectivity index (χ3v) is 5.72. The number of hydrogen-bond donors (Lipinski definition) is 2. The number of aryl methyl sites for hydroxylation is 1. The molecule has 0 saturated heterocycles. The molecule has 2 rings (SSSR count). The van der Waals surface area contributed by atoms with Gasteiger partial charge in [0.1, 0.15) is 10.7 Å². The van der Waals surface area contributed by atoms with Gasteiger partial charge >= 0.3 is 0 Å². The molecule has 0 aliphatic carbocycles. The van der Waals surface area contributed by atoms with Gasteiger partial charge in [-0.25, -0.2) is 13.4 Å². The first-order valence-electron chi connectivity index (χ1n) is 5.35. The summed E-state index contributed by atoms with van der Waals surface area (Å²) in [6.45, 7) is 1.95. The van der Waals surface area contributed by atoms with Crippen molar-refractivity contribution < 1.29 is 8.42 Å². The van der Waals surface area contributed by atoms with Crippen molar-refractivity contribution in [1.82, 2.24) is 4.98 Å². The van der Waals surface area contributed by atoms with Crippen LogP contribution < -0.4 is 10.5 Å². The van der Waals surface area contributed by atoms with Gasteiger partial charge in [0, 0.05) is 22.1 Å². The number of nitrogens with two attached hydrogens (primary N) is 1. The van der Waals surface area contributed by atoms with E-state index in [0.29, 0.717) is 10.4 Å². The average Bonchev–Trinajstić information content (AvgIpc) is 2.74. The molecule has 8 heteroatoms. The summed E-state index contributed by atoms with van der Waals surface area (Å²) in [6.07, 6.45) is 1.53. The highest BCUT2D eigenvalue weighted by Gasteiger charge is 2.22. The number of thiophene rings is 1. The van der Waals surface area contributed by atoms with Crippen molar-refractivity contribution in [1.29, 1.82) is 0 Å². The number of nitrogens with one attached hydrogen (secondary N) is 1. The lowest BCUT2D eigenvalue weighted by Gasteiger charge is -2.08. The van der Waals surface area contributed by atoms with Crippen molar-refractivity contribution in [2.24, 2.45) is 5.73 Å². The SMILES string of the molecule is Cc1csc(CN)c1S(=O)(=O)Nc1ccc(Br)cn1. The lowest BCUT2D eigenvalue weighted by atomic mass is 10.3. The Labute approximate surface area is 124 Å². The van der Waals surface area contributed by atoms with E-state index in [4.69, 9.17) is 5.73 Å². The number of pyridine rings is 1. The first kappa shape index (κ1) is 14.4. The minimum absolute atomic E-state index is 0.197. The van der Waals surface area contributed by atoms with E-state index in [9.17, 15) is 8.42 Å². The molecular weight excluding hydrogens is 350 g/mol. The smallest absolute Gasteiger partial charge is 0.264 e. The van der Waals surface area contributed by atoms with E-state index in [1.807, 2.05) is 0 Å². The largest absolute Gasteiger partial charge is 0.326 e. The Morgan fingerprint density at radius 3 is 2.79 bits per heavy atom. The first-order chi connectivity index (χ1) is 8.94. The molecular formula is C11H12BrN3O2S2. The second-order valence-corrected chi connectivity index (χ2v) is 7.34. The maximum atomic E-state index is 12.3. The van der Waals surface area contributed by atoms with Crippen molar-refractivity contribution >= 4 is 43.1 Å². The fraction of sp³-hybridized carbons (Fsp3) is 0.182. The van der Waals surface area contributed by atoms with Crippen LogP contribution in [-0.2, 0) is 16.6 Å². The second-order valence-electron chi connectivity index (χ2n) is 3.84. The molecule has 0 atom stereocenters.